The third kappa shape index (κ3) is 2.63. The lowest BCUT2D eigenvalue weighted by molar-refractivity contribution is 0.520. The van der Waals surface area contributed by atoms with Crippen molar-refractivity contribution in [3.63, 3.8) is 0 Å². The fraction of sp³-hybridized carbons (Fsp3) is 0.500. The molecule has 1 aliphatic carbocycles. The van der Waals surface area contributed by atoms with Crippen LogP contribution in [0.2, 0.25) is 0 Å². The Morgan fingerprint density at radius 2 is 2.00 bits per heavy atom. The molecule has 0 saturated heterocycles. The Bertz CT molecular complexity index is 614. The van der Waals surface area contributed by atoms with Gasteiger partial charge in [-0.05, 0) is 24.0 Å². The molecule has 1 aromatic carbocycles. The van der Waals surface area contributed by atoms with Crippen molar-refractivity contribution < 1.29 is 17.2 Å². The summed E-state index contributed by atoms with van der Waals surface area (Å²) in [5.74, 6) is -1.96. The van der Waals surface area contributed by atoms with Crippen LogP contribution in [0.5, 0.6) is 0 Å². The molecule has 1 saturated carbocycles. The number of nitrogens with two attached hydrogens (primary N) is 1. The molecule has 19 heavy (non-hydrogen) atoms. The third-order valence-electron chi connectivity index (χ3n) is 3.46. The Kier molecular flexibility index (Phi) is 3.40. The molecule has 0 heterocycles. The molecule has 2 rings (SSSR count). The first-order valence-electron chi connectivity index (χ1n) is 5.88. The zero-order chi connectivity index (χ0) is 14.4. The summed E-state index contributed by atoms with van der Waals surface area (Å²) >= 11 is 0. The monoisotopic (exact) mass is 290 g/mol. The fourth-order valence-electron chi connectivity index (χ4n) is 1.89. The van der Waals surface area contributed by atoms with Crippen LogP contribution in [0.15, 0.2) is 17.0 Å². The van der Waals surface area contributed by atoms with Gasteiger partial charge in [-0.1, -0.05) is 13.8 Å². The van der Waals surface area contributed by atoms with Crippen LogP contribution in [0.3, 0.4) is 0 Å². The van der Waals surface area contributed by atoms with Crippen molar-refractivity contribution in [2.45, 2.75) is 37.8 Å². The first kappa shape index (κ1) is 14.4. The molecular formula is C12H16F2N2O2S. The Balaban J connectivity index is 2.36. The van der Waals surface area contributed by atoms with Crippen LogP contribution in [0, 0.1) is 17.0 Å². The third-order valence-corrected chi connectivity index (χ3v) is 4.94. The SMILES string of the molecule is CC1(C)CC1NS(=O)(=O)c1ccc(F)c(CN)c1F. The van der Waals surface area contributed by atoms with E-state index in [1.54, 1.807) is 0 Å². The van der Waals surface area contributed by atoms with Crippen LogP contribution >= 0.6 is 0 Å². The molecule has 0 bridgehead atoms. The number of sulfonamides is 1. The van der Waals surface area contributed by atoms with Crippen LogP contribution in [0.25, 0.3) is 0 Å². The smallest absolute Gasteiger partial charge is 0.243 e. The van der Waals surface area contributed by atoms with Gasteiger partial charge in [0, 0.05) is 18.2 Å². The highest BCUT2D eigenvalue weighted by Gasteiger charge is 2.48. The molecule has 1 aromatic rings. The molecule has 1 atom stereocenters. The molecule has 3 N–H and O–H groups in total. The van der Waals surface area contributed by atoms with E-state index in [9.17, 15) is 17.2 Å². The number of hydrogen-bond acceptors (Lipinski definition) is 3. The van der Waals surface area contributed by atoms with Gasteiger partial charge in [-0.15, -0.1) is 0 Å². The predicted octanol–water partition coefficient (Wildman–Crippen LogP) is 1.50. The summed E-state index contributed by atoms with van der Waals surface area (Å²) in [5, 5.41) is 0. The number of halogens is 2. The maximum absolute atomic E-state index is 14.0. The Labute approximate surface area is 111 Å². The zero-order valence-corrected chi connectivity index (χ0v) is 11.5. The summed E-state index contributed by atoms with van der Waals surface area (Å²) in [6, 6.07) is 1.61. The van der Waals surface area contributed by atoms with Gasteiger partial charge >= 0.3 is 0 Å². The topological polar surface area (TPSA) is 72.2 Å². The maximum Gasteiger partial charge on any atom is 0.243 e. The van der Waals surface area contributed by atoms with Gasteiger partial charge in [0.05, 0.1) is 0 Å². The van der Waals surface area contributed by atoms with Crippen LogP contribution in [0.1, 0.15) is 25.8 Å². The van der Waals surface area contributed by atoms with Crippen molar-refractivity contribution in [2.24, 2.45) is 11.1 Å². The van der Waals surface area contributed by atoms with Gasteiger partial charge in [0.15, 0.2) is 5.82 Å². The standard InChI is InChI=1S/C12H16F2N2O2S/c1-12(2)5-10(12)16-19(17,18)9-4-3-8(13)7(6-15)11(9)14/h3-4,10,16H,5-6,15H2,1-2H3. The van der Waals surface area contributed by atoms with Crippen LogP contribution in [-0.2, 0) is 16.6 Å². The highest BCUT2D eigenvalue weighted by molar-refractivity contribution is 7.89. The van der Waals surface area contributed by atoms with Gasteiger partial charge in [-0.3, -0.25) is 0 Å². The van der Waals surface area contributed by atoms with Gasteiger partial charge in [0.2, 0.25) is 10.0 Å². The quantitative estimate of drug-likeness (QED) is 0.882. The Morgan fingerprint density at radius 3 is 2.47 bits per heavy atom. The number of rotatable bonds is 4. The first-order chi connectivity index (χ1) is 8.69. The molecule has 1 fully saturated rings. The Hall–Kier alpha value is -1.05. The Morgan fingerprint density at radius 1 is 1.42 bits per heavy atom. The average Bonchev–Trinajstić information content (AvgIpc) is 2.84. The van der Waals surface area contributed by atoms with E-state index in [-0.39, 0.29) is 11.5 Å². The van der Waals surface area contributed by atoms with Crippen LogP contribution in [-0.4, -0.2) is 14.5 Å². The van der Waals surface area contributed by atoms with Gasteiger partial charge < -0.3 is 5.73 Å². The minimum absolute atomic E-state index is 0.125. The lowest BCUT2D eigenvalue weighted by Crippen LogP contribution is -2.29. The highest BCUT2D eigenvalue weighted by atomic mass is 32.2. The molecule has 4 nitrogen and oxygen atoms in total. The number of benzene rings is 1. The second-order valence-corrected chi connectivity index (χ2v) is 7.09. The molecule has 1 unspecified atom stereocenters. The maximum atomic E-state index is 14.0. The normalized spacial score (nSPS) is 21.4. The molecule has 1 aliphatic rings. The first-order valence-corrected chi connectivity index (χ1v) is 7.36. The zero-order valence-electron chi connectivity index (χ0n) is 10.7. The largest absolute Gasteiger partial charge is 0.326 e. The van der Waals surface area contributed by atoms with Crippen LogP contribution < -0.4 is 10.5 Å². The summed E-state index contributed by atoms with van der Waals surface area (Å²) in [5.41, 5.74) is 4.68. The molecule has 106 valence electrons. The van der Waals surface area contributed by atoms with E-state index in [0.717, 1.165) is 12.1 Å². The van der Waals surface area contributed by atoms with Crippen molar-refractivity contribution >= 4 is 10.0 Å². The average molecular weight is 290 g/mol. The summed E-state index contributed by atoms with van der Waals surface area (Å²) in [7, 11) is -4.00. The van der Waals surface area contributed by atoms with Crippen molar-refractivity contribution in [1.82, 2.24) is 4.72 Å². The van der Waals surface area contributed by atoms with Crippen LogP contribution in [0.4, 0.5) is 8.78 Å². The van der Waals surface area contributed by atoms with Crippen molar-refractivity contribution in [2.75, 3.05) is 0 Å². The number of hydrogen-bond donors (Lipinski definition) is 2. The lowest BCUT2D eigenvalue weighted by Gasteiger charge is -2.11. The van der Waals surface area contributed by atoms with Crippen molar-refractivity contribution in [3.8, 4) is 0 Å². The molecule has 0 spiro atoms. The van der Waals surface area contributed by atoms with E-state index < -0.39 is 38.7 Å². The second kappa shape index (κ2) is 4.50. The van der Waals surface area contributed by atoms with E-state index in [2.05, 4.69) is 4.72 Å². The van der Waals surface area contributed by atoms with E-state index >= 15 is 0 Å². The summed E-state index contributed by atoms with van der Waals surface area (Å²) < 4.78 is 53.8. The van der Waals surface area contributed by atoms with Gasteiger partial charge in [-0.2, -0.15) is 0 Å². The molecule has 7 heteroatoms. The van der Waals surface area contributed by atoms with E-state index in [1.165, 1.54) is 0 Å². The fourth-order valence-corrected chi connectivity index (χ4v) is 3.40. The summed E-state index contributed by atoms with van der Waals surface area (Å²) in [6.45, 7) is 3.43. The van der Waals surface area contributed by atoms with Gasteiger partial charge in [0.1, 0.15) is 10.7 Å². The molecule has 0 amide bonds. The molecule has 0 aromatic heterocycles. The summed E-state index contributed by atoms with van der Waals surface area (Å²) in [4.78, 5) is -0.558. The van der Waals surface area contributed by atoms with E-state index in [0.29, 0.717) is 6.42 Å². The van der Waals surface area contributed by atoms with Gasteiger partial charge in [0.25, 0.3) is 0 Å². The van der Waals surface area contributed by atoms with Crippen molar-refractivity contribution in [3.05, 3.63) is 29.3 Å². The van der Waals surface area contributed by atoms with Crippen molar-refractivity contribution in [1.29, 1.82) is 0 Å². The van der Waals surface area contributed by atoms with E-state index in [4.69, 9.17) is 5.73 Å². The minimum atomic E-state index is -4.00. The molecule has 0 aliphatic heterocycles. The minimum Gasteiger partial charge on any atom is -0.326 e. The number of nitrogens with one attached hydrogen (secondary N) is 1. The lowest BCUT2D eigenvalue weighted by atomic mass is 10.2. The highest BCUT2D eigenvalue weighted by Crippen LogP contribution is 2.45. The van der Waals surface area contributed by atoms with Gasteiger partial charge in [-0.25, -0.2) is 21.9 Å². The molecule has 0 radical (unpaired) electrons. The molecular weight excluding hydrogens is 274 g/mol. The predicted molar refractivity (Wildman–Crippen MR) is 66.8 cm³/mol. The second-order valence-electron chi connectivity index (χ2n) is 5.41. The van der Waals surface area contributed by atoms with E-state index in [1.807, 2.05) is 13.8 Å². The summed E-state index contributed by atoms with van der Waals surface area (Å²) in [6.07, 6.45) is 0.693.